The maximum absolute atomic E-state index is 9.48. The molecule has 0 fully saturated rings. The highest BCUT2D eigenvalue weighted by Gasteiger charge is 2.16. The molecule has 0 bridgehead atoms. The average Bonchev–Trinajstić information content (AvgIpc) is 1.85. The minimum Gasteiger partial charge on any atom is -0.389 e. The number of rotatable bonds is 5. The Hall–Kier alpha value is -0.0800. The minimum absolute atomic E-state index is 0.524. The van der Waals surface area contributed by atoms with Crippen molar-refractivity contribution in [3.63, 3.8) is 0 Å². The standard InChI is InChI=1S/C10H23NO/c1-6-9(8(2)3)11-7-10(4,5)12/h8-9,11-12H,6-7H2,1-5H3. The third-order valence-corrected chi connectivity index (χ3v) is 2.04. The van der Waals surface area contributed by atoms with Gasteiger partial charge in [-0.2, -0.15) is 0 Å². The summed E-state index contributed by atoms with van der Waals surface area (Å²) in [5.74, 6) is 0.636. The van der Waals surface area contributed by atoms with Crippen molar-refractivity contribution in [2.75, 3.05) is 6.54 Å². The van der Waals surface area contributed by atoms with Crippen LogP contribution in [0.3, 0.4) is 0 Å². The number of hydrogen-bond acceptors (Lipinski definition) is 2. The fourth-order valence-electron chi connectivity index (χ4n) is 1.23. The number of hydrogen-bond donors (Lipinski definition) is 2. The van der Waals surface area contributed by atoms with Crippen molar-refractivity contribution in [2.45, 2.75) is 52.7 Å². The van der Waals surface area contributed by atoms with Crippen molar-refractivity contribution in [2.24, 2.45) is 5.92 Å². The summed E-state index contributed by atoms with van der Waals surface area (Å²) in [6.07, 6.45) is 1.12. The van der Waals surface area contributed by atoms with Crippen LogP contribution in [0.15, 0.2) is 0 Å². The molecule has 2 heteroatoms. The lowest BCUT2D eigenvalue weighted by Crippen LogP contribution is -2.42. The van der Waals surface area contributed by atoms with Crippen LogP contribution in [0.4, 0.5) is 0 Å². The lowest BCUT2D eigenvalue weighted by molar-refractivity contribution is 0.0740. The molecule has 0 aromatic carbocycles. The molecule has 0 spiro atoms. The summed E-state index contributed by atoms with van der Waals surface area (Å²) < 4.78 is 0. The zero-order valence-electron chi connectivity index (χ0n) is 9.02. The van der Waals surface area contributed by atoms with Crippen LogP contribution >= 0.6 is 0 Å². The van der Waals surface area contributed by atoms with Gasteiger partial charge in [0.2, 0.25) is 0 Å². The average molecular weight is 173 g/mol. The van der Waals surface area contributed by atoms with E-state index in [0.29, 0.717) is 18.5 Å². The van der Waals surface area contributed by atoms with E-state index in [9.17, 15) is 5.11 Å². The van der Waals surface area contributed by atoms with Crippen LogP contribution in [0.1, 0.15) is 41.0 Å². The van der Waals surface area contributed by atoms with Gasteiger partial charge in [0.1, 0.15) is 0 Å². The van der Waals surface area contributed by atoms with Crippen molar-refractivity contribution in [3.05, 3.63) is 0 Å². The molecule has 2 N–H and O–H groups in total. The second-order valence-electron chi connectivity index (χ2n) is 4.45. The smallest absolute Gasteiger partial charge is 0.0715 e. The van der Waals surface area contributed by atoms with Crippen molar-refractivity contribution < 1.29 is 5.11 Å². The second-order valence-corrected chi connectivity index (χ2v) is 4.45. The van der Waals surface area contributed by atoms with Crippen molar-refractivity contribution in [1.29, 1.82) is 0 Å². The molecule has 74 valence electrons. The molecule has 1 atom stereocenters. The summed E-state index contributed by atoms with van der Waals surface area (Å²) in [5, 5.41) is 12.8. The first-order chi connectivity index (χ1) is 5.37. The van der Waals surface area contributed by atoms with Gasteiger partial charge in [-0.1, -0.05) is 20.8 Å². The van der Waals surface area contributed by atoms with Gasteiger partial charge in [0.15, 0.2) is 0 Å². The van der Waals surface area contributed by atoms with Crippen LogP contribution in [0.5, 0.6) is 0 Å². The highest BCUT2D eigenvalue weighted by Crippen LogP contribution is 2.07. The second kappa shape index (κ2) is 4.83. The number of nitrogens with one attached hydrogen (secondary N) is 1. The first-order valence-corrected chi connectivity index (χ1v) is 4.82. The highest BCUT2D eigenvalue weighted by atomic mass is 16.3. The molecule has 0 aliphatic rings. The van der Waals surface area contributed by atoms with Gasteiger partial charge in [-0.3, -0.25) is 0 Å². The van der Waals surface area contributed by atoms with Gasteiger partial charge in [-0.15, -0.1) is 0 Å². The summed E-state index contributed by atoms with van der Waals surface area (Å²) in [6.45, 7) is 10.9. The largest absolute Gasteiger partial charge is 0.389 e. The minimum atomic E-state index is -0.595. The maximum Gasteiger partial charge on any atom is 0.0715 e. The van der Waals surface area contributed by atoms with Crippen LogP contribution in [0, 0.1) is 5.92 Å². The fraction of sp³-hybridized carbons (Fsp3) is 1.00. The molecule has 1 unspecified atom stereocenters. The van der Waals surface area contributed by atoms with E-state index < -0.39 is 5.60 Å². The Balaban J connectivity index is 3.73. The van der Waals surface area contributed by atoms with E-state index in [-0.39, 0.29) is 0 Å². The lowest BCUT2D eigenvalue weighted by Gasteiger charge is -2.25. The van der Waals surface area contributed by atoms with Crippen LogP contribution in [0.2, 0.25) is 0 Å². The van der Waals surface area contributed by atoms with Gasteiger partial charge in [-0.25, -0.2) is 0 Å². The molecular formula is C10H23NO. The Kier molecular flexibility index (Phi) is 4.80. The normalized spacial score (nSPS) is 15.2. The molecule has 0 heterocycles. The van der Waals surface area contributed by atoms with E-state index in [2.05, 4.69) is 26.1 Å². The Morgan fingerprint density at radius 3 is 2.08 bits per heavy atom. The highest BCUT2D eigenvalue weighted by molar-refractivity contribution is 4.75. The van der Waals surface area contributed by atoms with Gasteiger partial charge in [-0.05, 0) is 26.2 Å². The molecule has 0 saturated heterocycles. The van der Waals surface area contributed by atoms with Crippen LogP contribution in [-0.4, -0.2) is 23.3 Å². The molecular weight excluding hydrogens is 150 g/mol. The molecule has 12 heavy (non-hydrogen) atoms. The van der Waals surface area contributed by atoms with E-state index in [1.54, 1.807) is 0 Å². The number of aliphatic hydroxyl groups is 1. The molecule has 2 nitrogen and oxygen atoms in total. The summed E-state index contributed by atoms with van der Waals surface area (Å²) >= 11 is 0. The van der Waals surface area contributed by atoms with E-state index in [1.807, 2.05) is 13.8 Å². The Morgan fingerprint density at radius 2 is 1.83 bits per heavy atom. The molecule has 0 radical (unpaired) electrons. The third kappa shape index (κ3) is 5.56. The van der Waals surface area contributed by atoms with E-state index in [0.717, 1.165) is 6.42 Å². The maximum atomic E-state index is 9.48. The zero-order valence-corrected chi connectivity index (χ0v) is 9.02. The monoisotopic (exact) mass is 173 g/mol. The van der Waals surface area contributed by atoms with Crippen molar-refractivity contribution in [3.8, 4) is 0 Å². The predicted molar refractivity (Wildman–Crippen MR) is 53.2 cm³/mol. The van der Waals surface area contributed by atoms with E-state index in [1.165, 1.54) is 0 Å². The van der Waals surface area contributed by atoms with Gasteiger partial charge >= 0.3 is 0 Å². The molecule has 0 aliphatic heterocycles. The van der Waals surface area contributed by atoms with Crippen LogP contribution < -0.4 is 5.32 Å². The van der Waals surface area contributed by atoms with Gasteiger partial charge < -0.3 is 10.4 Å². The first-order valence-electron chi connectivity index (χ1n) is 4.82. The molecule has 0 rings (SSSR count). The van der Waals surface area contributed by atoms with Crippen LogP contribution in [-0.2, 0) is 0 Å². The molecule has 0 amide bonds. The third-order valence-electron chi connectivity index (χ3n) is 2.04. The topological polar surface area (TPSA) is 32.3 Å². The first kappa shape index (κ1) is 11.9. The lowest BCUT2D eigenvalue weighted by atomic mass is 10.0. The zero-order chi connectivity index (χ0) is 9.78. The van der Waals surface area contributed by atoms with Crippen molar-refractivity contribution >= 4 is 0 Å². The Morgan fingerprint density at radius 1 is 1.33 bits per heavy atom. The van der Waals surface area contributed by atoms with Crippen LogP contribution in [0.25, 0.3) is 0 Å². The summed E-state index contributed by atoms with van der Waals surface area (Å²) in [5.41, 5.74) is -0.595. The van der Waals surface area contributed by atoms with Crippen molar-refractivity contribution in [1.82, 2.24) is 5.32 Å². The SMILES string of the molecule is CCC(NCC(C)(C)O)C(C)C. The summed E-state index contributed by atoms with van der Waals surface area (Å²) in [6, 6.07) is 0.524. The fourth-order valence-corrected chi connectivity index (χ4v) is 1.23. The predicted octanol–water partition coefficient (Wildman–Crippen LogP) is 1.78. The molecule has 0 saturated carbocycles. The van der Waals surface area contributed by atoms with Gasteiger partial charge in [0.25, 0.3) is 0 Å². The Labute approximate surface area is 76.4 Å². The van der Waals surface area contributed by atoms with Gasteiger partial charge in [0.05, 0.1) is 5.60 Å². The molecule has 0 aromatic heterocycles. The van der Waals surface area contributed by atoms with E-state index >= 15 is 0 Å². The van der Waals surface area contributed by atoms with Gasteiger partial charge in [0, 0.05) is 12.6 Å². The summed E-state index contributed by atoms with van der Waals surface area (Å²) in [7, 11) is 0. The Bertz CT molecular complexity index is 115. The molecule has 0 aliphatic carbocycles. The summed E-state index contributed by atoms with van der Waals surface area (Å²) in [4.78, 5) is 0. The quantitative estimate of drug-likeness (QED) is 0.664. The molecule has 0 aromatic rings. The van der Waals surface area contributed by atoms with E-state index in [4.69, 9.17) is 0 Å².